The first-order chi connectivity index (χ1) is 14.6. The van der Waals surface area contributed by atoms with E-state index in [-0.39, 0.29) is 5.91 Å². The van der Waals surface area contributed by atoms with Gasteiger partial charge in [0, 0.05) is 23.7 Å². The lowest BCUT2D eigenvalue weighted by molar-refractivity contribution is 0.102. The van der Waals surface area contributed by atoms with Gasteiger partial charge in [-0.25, -0.2) is 9.37 Å². The van der Waals surface area contributed by atoms with Crippen LogP contribution in [-0.4, -0.2) is 25.7 Å². The lowest BCUT2D eigenvalue weighted by Gasteiger charge is -2.06. The van der Waals surface area contributed by atoms with Gasteiger partial charge in [-0.05, 0) is 43.5 Å². The van der Waals surface area contributed by atoms with Crippen LogP contribution in [0.2, 0.25) is 0 Å². The second kappa shape index (κ2) is 7.46. The Morgan fingerprint density at radius 2 is 2.07 bits per heavy atom. The molecule has 0 spiro atoms. The number of amides is 1. The number of halogens is 1. The summed E-state index contributed by atoms with van der Waals surface area (Å²) >= 11 is 1.33. The van der Waals surface area contributed by atoms with Crippen LogP contribution >= 0.6 is 11.3 Å². The summed E-state index contributed by atoms with van der Waals surface area (Å²) in [5.74, 6) is -0.722. The van der Waals surface area contributed by atoms with Gasteiger partial charge in [-0.3, -0.25) is 19.8 Å². The summed E-state index contributed by atoms with van der Waals surface area (Å²) in [6.07, 6.45) is 3.37. The zero-order valence-electron chi connectivity index (χ0n) is 16.2. The molecule has 1 aromatic carbocycles. The molecular weight excluding hydrogens is 401 g/mol. The fraction of sp³-hybridized carbons (Fsp3) is 0.182. The van der Waals surface area contributed by atoms with E-state index in [1.165, 1.54) is 17.4 Å². The molecule has 0 radical (unpaired) electrons. The Bertz CT molecular complexity index is 1260. The van der Waals surface area contributed by atoms with Gasteiger partial charge in [-0.15, -0.1) is 11.3 Å². The van der Waals surface area contributed by atoms with Crippen LogP contribution in [0.5, 0.6) is 0 Å². The predicted molar refractivity (Wildman–Crippen MR) is 114 cm³/mol. The SMILES string of the molecule is Cc1cccnc1-c1csc(NC(=O)c2c(-c3ccccc3F)nn3c2CCC3)n1. The number of benzene rings is 1. The van der Waals surface area contributed by atoms with Crippen LogP contribution in [0.15, 0.2) is 48.0 Å². The number of rotatable bonds is 4. The summed E-state index contributed by atoms with van der Waals surface area (Å²) in [5, 5.41) is 9.75. The molecule has 6 nitrogen and oxygen atoms in total. The fourth-order valence-electron chi connectivity index (χ4n) is 3.77. The number of anilines is 1. The third-order valence-corrected chi connectivity index (χ3v) is 5.93. The molecular formula is C22H18FN5OS. The highest BCUT2D eigenvalue weighted by atomic mass is 32.1. The van der Waals surface area contributed by atoms with Gasteiger partial charge in [0.25, 0.3) is 5.91 Å². The zero-order chi connectivity index (χ0) is 20.7. The number of hydrogen-bond acceptors (Lipinski definition) is 5. The highest BCUT2D eigenvalue weighted by Gasteiger charge is 2.29. The third kappa shape index (κ3) is 3.19. The number of aromatic nitrogens is 4. The number of nitrogens with zero attached hydrogens (tertiary/aromatic N) is 4. The molecule has 0 saturated heterocycles. The smallest absolute Gasteiger partial charge is 0.261 e. The van der Waals surface area contributed by atoms with Gasteiger partial charge in [0.15, 0.2) is 5.13 Å². The maximum absolute atomic E-state index is 14.4. The van der Waals surface area contributed by atoms with Gasteiger partial charge < -0.3 is 0 Å². The van der Waals surface area contributed by atoms with E-state index >= 15 is 0 Å². The zero-order valence-corrected chi connectivity index (χ0v) is 17.0. The number of aryl methyl sites for hydroxylation is 2. The molecule has 30 heavy (non-hydrogen) atoms. The van der Waals surface area contributed by atoms with Crippen molar-refractivity contribution in [2.24, 2.45) is 0 Å². The Morgan fingerprint density at radius 1 is 1.20 bits per heavy atom. The summed E-state index contributed by atoms with van der Waals surface area (Å²) in [5.41, 5.74) is 4.46. The van der Waals surface area contributed by atoms with Gasteiger partial charge in [0.2, 0.25) is 0 Å². The first-order valence-corrected chi connectivity index (χ1v) is 10.5. The van der Waals surface area contributed by atoms with Crippen LogP contribution in [0.1, 0.15) is 28.0 Å². The van der Waals surface area contributed by atoms with Gasteiger partial charge in [0.05, 0.1) is 17.0 Å². The molecule has 0 bridgehead atoms. The van der Waals surface area contributed by atoms with Crippen molar-refractivity contribution in [3.63, 3.8) is 0 Å². The maximum atomic E-state index is 14.4. The van der Waals surface area contributed by atoms with Crippen LogP contribution in [0, 0.1) is 12.7 Å². The molecule has 0 saturated carbocycles. The Morgan fingerprint density at radius 3 is 2.90 bits per heavy atom. The first kappa shape index (κ1) is 18.6. The Kier molecular flexibility index (Phi) is 4.63. The van der Waals surface area contributed by atoms with Crippen LogP contribution in [0.3, 0.4) is 0 Å². The summed E-state index contributed by atoms with van der Waals surface area (Å²) in [4.78, 5) is 22.1. The van der Waals surface area contributed by atoms with Crippen molar-refractivity contribution in [3.05, 3.63) is 70.6 Å². The molecule has 0 fully saturated rings. The Balaban J connectivity index is 1.49. The van der Waals surface area contributed by atoms with Gasteiger partial charge in [-0.1, -0.05) is 18.2 Å². The highest BCUT2D eigenvalue weighted by molar-refractivity contribution is 7.14. The van der Waals surface area contributed by atoms with E-state index in [1.54, 1.807) is 29.1 Å². The van der Waals surface area contributed by atoms with E-state index in [9.17, 15) is 9.18 Å². The van der Waals surface area contributed by atoms with Gasteiger partial charge in [0.1, 0.15) is 17.2 Å². The molecule has 1 amide bonds. The summed E-state index contributed by atoms with van der Waals surface area (Å²) in [6, 6.07) is 10.2. The van der Waals surface area contributed by atoms with Crippen LogP contribution in [0.25, 0.3) is 22.6 Å². The first-order valence-electron chi connectivity index (χ1n) is 9.65. The molecule has 0 unspecified atom stereocenters. The van der Waals surface area contributed by atoms with Crippen molar-refractivity contribution in [2.45, 2.75) is 26.3 Å². The van der Waals surface area contributed by atoms with Crippen LogP contribution in [0.4, 0.5) is 9.52 Å². The van der Waals surface area contributed by atoms with E-state index in [2.05, 4.69) is 20.4 Å². The minimum Gasteiger partial charge on any atom is -0.298 e. The molecule has 1 N–H and O–H groups in total. The monoisotopic (exact) mass is 419 g/mol. The second-order valence-electron chi connectivity index (χ2n) is 7.14. The Labute approximate surface area is 176 Å². The van der Waals surface area contributed by atoms with E-state index in [4.69, 9.17) is 0 Å². The lowest BCUT2D eigenvalue weighted by Crippen LogP contribution is -2.14. The summed E-state index contributed by atoms with van der Waals surface area (Å²) < 4.78 is 16.2. The Hall–Kier alpha value is -3.39. The van der Waals surface area contributed by atoms with E-state index in [0.717, 1.165) is 36.3 Å². The predicted octanol–water partition coefficient (Wildman–Crippen LogP) is 4.71. The number of nitrogens with one attached hydrogen (secondary N) is 1. The number of hydrogen-bond donors (Lipinski definition) is 1. The molecule has 8 heteroatoms. The number of fused-ring (bicyclic) bond motifs is 1. The maximum Gasteiger partial charge on any atom is 0.261 e. The molecule has 1 aliphatic heterocycles. The number of carbonyl (C=O) groups is 1. The van der Waals surface area contributed by atoms with Crippen molar-refractivity contribution >= 4 is 22.4 Å². The summed E-state index contributed by atoms with van der Waals surface area (Å²) in [6.45, 7) is 2.70. The fourth-order valence-corrected chi connectivity index (χ4v) is 4.46. The minimum absolute atomic E-state index is 0.324. The largest absolute Gasteiger partial charge is 0.298 e. The van der Waals surface area contributed by atoms with Crippen molar-refractivity contribution < 1.29 is 9.18 Å². The van der Waals surface area contributed by atoms with Gasteiger partial charge >= 0.3 is 0 Å². The summed E-state index contributed by atoms with van der Waals surface area (Å²) in [7, 11) is 0. The third-order valence-electron chi connectivity index (χ3n) is 5.17. The van der Waals surface area contributed by atoms with E-state index in [1.807, 2.05) is 24.4 Å². The molecule has 0 aliphatic carbocycles. The quantitative estimate of drug-likeness (QED) is 0.520. The van der Waals surface area contributed by atoms with Crippen LogP contribution in [-0.2, 0) is 13.0 Å². The average Bonchev–Trinajstić information content (AvgIpc) is 3.44. The number of thiazole rings is 1. The number of pyridine rings is 1. The topological polar surface area (TPSA) is 72.7 Å². The lowest BCUT2D eigenvalue weighted by atomic mass is 10.0. The highest BCUT2D eigenvalue weighted by Crippen LogP contribution is 2.32. The molecule has 150 valence electrons. The second-order valence-corrected chi connectivity index (χ2v) is 8.00. The van der Waals surface area contributed by atoms with Gasteiger partial charge in [-0.2, -0.15) is 5.10 Å². The van der Waals surface area contributed by atoms with Crippen molar-refractivity contribution in [1.29, 1.82) is 0 Å². The van der Waals surface area contributed by atoms with Crippen molar-refractivity contribution in [1.82, 2.24) is 19.7 Å². The van der Waals surface area contributed by atoms with Crippen molar-refractivity contribution in [2.75, 3.05) is 5.32 Å². The van der Waals surface area contributed by atoms with Crippen LogP contribution < -0.4 is 5.32 Å². The minimum atomic E-state index is -0.398. The van der Waals surface area contributed by atoms with E-state index in [0.29, 0.717) is 27.6 Å². The molecule has 0 atom stereocenters. The standard InChI is InChI=1S/C22H18FN5OS/c1-13-6-4-10-24-19(13)16-12-30-22(25-16)26-21(29)18-17-9-5-11-28(17)27-20(18)14-7-2-3-8-15(14)23/h2-4,6-8,10,12H,5,9,11H2,1H3,(H,25,26,29). The molecule has 3 aromatic heterocycles. The average molecular weight is 419 g/mol. The van der Waals surface area contributed by atoms with E-state index < -0.39 is 5.82 Å². The normalized spacial score (nSPS) is 12.7. The molecule has 5 rings (SSSR count). The molecule has 4 aromatic rings. The molecule has 4 heterocycles. The molecule has 1 aliphatic rings. The number of carbonyl (C=O) groups excluding carboxylic acids is 1. The van der Waals surface area contributed by atoms with Crippen molar-refractivity contribution in [3.8, 4) is 22.6 Å².